The lowest BCUT2D eigenvalue weighted by molar-refractivity contribution is -0.0494. The third-order valence-electron chi connectivity index (χ3n) is 5.97. The number of hydrogen-bond acceptors (Lipinski definition) is 3. The molecule has 1 heterocycles. The number of ether oxygens (including phenoxy) is 1. The average Bonchev–Trinajstić information content (AvgIpc) is 2.90. The summed E-state index contributed by atoms with van der Waals surface area (Å²) in [6.07, 6.45) is 11.4. The maximum absolute atomic E-state index is 6.17. The van der Waals surface area contributed by atoms with Crippen molar-refractivity contribution in [2.24, 2.45) is 11.1 Å². The van der Waals surface area contributed by atoms with E-state index in [-0.39, 0.29) is 0 Å². The van der Waals surface area contributed by atoms with Crippen LogP contribution in [0.4, 0.5) is 0 Å². The van der Waals surface area contributed by atoms with E-state index in [0.717, 1.165) is 32.8 Å². The predicted octanol–water partition coefficient (Wildman–Crippen LogP) is 2.15. The van der Waals surface area contributed by atoms with Crippen molar-refractivity contribution in [3.63, 3.8) is 0 Å². The van der Waals surface area contributed by atoms with E-state index in [1.807, 2.05) is 0 Å². The Morgan fingerprint density at radius 2 is 1.50 bits per heavy atom. The topological polar surface area (TPSA) is 38.5 Å². The van der Waals surface area contributed by atoms with E-state index in [1.54, 1.807) is 0 Å². The zero-order valence-electron chi connectivity index (χ0n) is 11.6. The van der Waals surface area contributed by atoms with Gasteiger partial charge in [0.2, 0.25) is 0 Å². The maximum atomic E-state index is 6.17. The second kappa shape index (κ2) is 5.10. The van der Waals surface area contributed by atoms with Gasteiger partial charge in [0.25, 0.3) is 0 Å². The van der Waals surface area contributed by atoms with Crippen LogP contribution in [0.3, 0.4) is 0 Å². The monoisotopic (exact) mass is 252 g/mol. The Bertz CT molecular complexity index is 270. The fraction of sp³-hybridized carbons (Fsp3) is 1.00. The molecule has 18 heavy (non-hydrogen) atoms. The van der Waals surface area contributed by atoms with Crippen molar-refractivity contribution >= 4 is 0 Å². The lowest BCUT2D eigenvalue weighted by Crippen LogP contribution is -2.59. The molecule has 0 amide bonds. The molecule has 2 aliphatic carbocycles. The van der Waals surface area contributed by atoms with Gasteiger partial charge < -0.3 is 10.5 Å². The molecule has 0 atom stereocenters. The highest BCUT2D eigenvalue weighted by Crippen LogP contribution is 2.52. The highest BCUT2D eigenvalue weighted by atomic mass is 16.5. The van der Waals surface area contributed by atoms with Crippen molar-refractivity contribution in [1.29, 1.82) is 0 Å². The molecule has 3 nitrogen and oxygen atoms in total. The molecule has 1 spiro atoms. The Morgan fingerprint density at radius 1 is 0.889 bits per heavy atom. The van der Waals surface area contributed by atoms with Crippen molar-refractivity contribution in [2.75, 3.05) is 32.8 Å². The third kappa shape index (κ3) is 2.21. The molecule has 3 aliphatic rings. The maximum Gasteiger partial charge on any atom is 0.0594 e. The minimum Gasteiger partial charge on any atom is -0.379 e. The summed E-state index contributed by atoms with van der Waals surface area (Å²) in [7, 11) is 0. The van der Waals surface area contributed by atoms with Crippen LogP contribution in [0.5, 0.6) is 0 Å². The smallest absolute Gasteiger partial charge is 0.0594 e. The molecule has 2 N–H and O–H groups in total. The second-order valence-electron chi connectivity index (χ2n) is 6.73. The summed E-state index contributed by atoms with van der Waals surface area (Å²) in [6, 6.07) is 0. The zero-order chi connectivity index (χ0) is 12.5. The molecule has 104 valence electrons. The largest absolute Gasteiger partial charge is 0.379 e. The van der Waals surface area contributed by atoms with Crippen LogP contribution in [0.15, 0.2) is 0 Å². The normalized spacial score (nSPS) is 31.8. The number of hydrogen-bond donors (Lipinski definition) is 1. The van der Waals surface area contributed by atoms with Gasteiger partial charge in [0.15, 0.2) is 0 Å². The van der Waals surface area contributed by atoms with E-state index < -0.39 is 0 Å². The second-order valence-corrected chi connectivity index (χ2v) is 6.73. The van der Waals surface area contributed by atoms with Gasteiger partial charge in [0, 0.05) is 25.2 Å². The molecular weight excluding hydrogens is 224 g/mol. The van der Waals surface area contributed by atoms with Crippen LogP contribution in [0.2, 0.25) is 0 Å². The van der Waals surface area contributed by atoms with Gasteiger partial charge in [-0.3, -0.25) is 4.90 Å². The van der Waals surface area contributed by atoms with Crippen LogP contribution >= 0.6 is 0 Å². The molecule has 1 aliphatic heterocycles. The van der Waals surface area contributed by atoms with Gasteiger partial charge in [0.1, 0.15) is 0 Å². The third-order valence-corrected chi connectivity index (χ3v) is 5.97. The van der Waals surface area contributed by atoms with Crippen LogP contribution in [0.25, 0.3) is 0 Å². The molecule has 0 aromatic carbocycles. The van der Waals surface area contributed by atoms with Crippen molar-refractivity contribution in [1.82, 2.24) is 4.90 Å². The highest BCUT2D eigenvalue weighted by Gasteiger charge is 2.46. The van der Waals surface area contributed by atoms with Crippen molar-refractivity contribution < 1.29 is 4.74 Å². The van der Waals surface area contributed by atoms with Crippen LogP contribution < -0.4 is 5.73 Å². The molecule has 0 radical (unpaired) electrons. The summed E-state index contributed by atoms with van der Waals surface area (Å²) in [6.45, 7) is 4.80. The van der Waals surface area contributed by atoms with Crippen molar-refractivity contribution in [3.05, 3.63) is 0 Å². The van der Waals surface area contributed by atoms with Gasteiger partial charge in [0.05, 0.1) is 13.2 Å². The number of morpholine rings is 1. The Hall–Kier alpha value is -0.120. The fourth-order valence-corrected chi connectivity index (χ4v) is 4.56. The van der Waals surface area contributed by atoms with E-state index in [9.17, 15) is 0 Å². The summed E-state index contributed by atoms with van der Waals surface area (Å²) in [4.78, 5) is 2.64. The molecule has 3 heteroatoms. The summed E-state index contributed by atoms with van der Waals surface area (Å²) in [5, 5.41) is 0. The van der Waals surface area contributed by atoms with E-state index in [2.05, 4.69) is 4.90 Å². The summed E-state index contributed by atoms with van der Waals surface area (Å²) >= 11 is 0. The molecule has 3 fully saturated rings. The standard InChI is InChI=1S/C15H28N2O/c16-13-15(17-9-11-18-12-10-17)7-5-14(6-8-15)3-1-2-4-14/h1-13,16H2. The number of nitrogens with two attached hydrogens (primary N) is 1. The highest BCUT2D eigenvalue weighted by molar-refractivity contribution is 5.01. The lowest BCUT2D eigenvalue weighted by Gasteiger charge is -2.51. The minimum atomic E-state index is 0.303. The molecule has 3 rings (SSSR count). The number of nitrogens with zero attached hydrogens (tertiary/aromatic N) is 1. The van der Waals surface area contributed by atoms with E-state index in [0.29, 0.717) is 11.0 Å². The summed E-state index contributed by atoms with van der Waals surface area (Å²) < 4.78 is 5.49. The Balaban J connectivity index is 1.66. The minimum absolute atomic E-state index is 0.303. The molecule has 0 aromatic rings. The first-order valence-corrected chi connectivity index (χ1v) is 7.82. The van der Waals surface area contributed by atoms with Gasteiger partial charge >= 0.3 is 0 Å². The fourth-order valence-electron chi connectivity index (χ4n) is 4.56. The van der Waals surface area contributed by atoms with Crippen LogP contribution in [0, 0.1) is 5.41 Å². The first kappa shape index (κ1) is 12.9. The van der Waals surface area contributed by atoms with Crippen LogP contribution in [0.1, 0.15) is 51.4 Å². The van der Waals surface area contributed by atoms with Crippen molar-refractivity contribution in [3.8, 4) is 0 Å². The van der Waals surface area contributed by atoms with Gasteiger partial charge in [-0.1, -0.05) is 12.8 Å². The van der Waals surface area contributed by atoms with Crippen molar-refractivity contribution in [2.45, 2.75) is 56.9 Å². The quantitative estimate of drug-likeness (QED) is 0.818. The Kier molecular flexibility index (Phi) is 3.65. The number of rotatable bonds is 2. The van der Waals surface area contributed by atoms with Gasteiger partial charge in [-0.25, -0.2) is 0 Å². The average molecular weight is 252 g/mol. The summed E-state index contributed by atoms with van der Waals surface area (Å²) in [5.74, 6) is 0. The zero-order valence-corrected chi connectivity index (χ0v) is 11.6. The molecule has 2 saturated carbocycles. The molecule has 0 aromatic heterocycles. The SMILES string of the molecule is NCC1(N2CCOCC2)CCC2(CCCC2)CC1. The predicted molar refractivity (Wildman–Crippen MR) is 73.5 cm³/mol. The van der Waals surface area contributed by atoms with Gasteiger partial charge in [-0.2, -0.15) is 0 Å². The molecule has 0 bridgehead atoms. The van der Waals surface area contributed by atoms with E-state index in [4.69, 9.17) is 10.5 Å². The van der Waals surface area contributed by atoms with Crippen LogP contribution in [-0.4, -0.2) is 43.3 Å². The van der Waals surface area contributed by atoms with E-state index >= 15 is 0 Å². The molecule has 0 unspecified atom stereocenters. The van der Waals surface area contributed by atoms with Gasteiger partial charge in [-0.15, -0.1) is 0 Å². The first-order chi connectivity index (χ1) is 8.79. The lowest BCUT2D eigenvalue weighted by atomic mass is 9.66. The first-order valence-electron chi connectivity index (χ1n) is 7.82. The Labute approximate surface area is 111 Å². The van der Waals surface area contributed by atoms with E-state index in [1.165, 1.54) is 51.4 Å². The summed E-state index contributed by atoms with van der Waals surface area (Å²) in [5.41, 5.74) is 7.19. The van der Waals surface area contributed by atoms with Gasteiger partial charge in [-0.05, 0) is 43.9 Å². The van der Waals surface area contributed by atoms with Crippen LogP contribution in [-0.2, 0) is 4.74 Å². The molecular formula is C15H28N2O. The molecule has 1 saturated heterocycles. The Morgan fingerprint density at radius 3 is 2.06 bits per heavy atom.